The molecule has 0 fully saturated rings. The smallest absolute Gasteiger partial charge is 0.341 e. The molecule has 0 unspecified atom stereocenters. The summed E-state index contributed by atoms with van der Waals surface area (Å²) >= 11 is 0. The van der Waals surface area contributed by atoms with Gasteiger partial charge in [0.25, 0.3) is 11.8 Å². The van der Waals surface area contributed by atoms with Gasteiger partial charge in [0.15, 0.2) is 6.61 Å². The van der Waals surface area contributed by atoms with E-state index in [9.17, 15) is 9.59 Å². The molecule has 1 heterocycles. The maximum Gasteiger partial charge on any atom is 0.341 e. The molecule has 2 rings (SSSR count). The molecule has 23 heavy (non-hydrogen) atoms. The third-order valence-electron chi connectivity index (χ3n) is 2.91. The van der Waals surface area contributed by atoms with E-state index in [1.807, 2.05) is 0 Å². The fraction of sp³-hybridized carbons (Fsp3) is 0.267. The molecule has 1 aromatic carbocycles. The molecule has 2 aromatic rings. The Labute approximate surface area is 132 Å². The van der Waals surface area contributed by atoms with E-state index in [1.54, 1.807) is 24.3 Å². The van der Waals surface area contributed by atoms with Crippen molar-refractivity contribution in [2.75, 3.05) is 20.3 Å². The van der Waals surface area contributed by atoms with Crippen molar-refractivity contribution in [2.45, 2.75) is 6.42 Å². The summed E-state index contributed by atoms with van der Waals surface area (Å²) in [5.74, 6) is -0.594. The van der Waals surface area contributed by atoms with E-state index < -0.39 is 5.97 Å². The second-order valence-corrected chi connectivity index (χ2v) is 4.57. The molecule has 8 nitrogen and oxygen atoms in total. The Balaban J connectivity index is 1.77. The number of rotatable bonds is 8. The van der Waals surface area contributed by atoms with E-state index >= 15 is 0 Å². The lowest BCUT2D eigenvalue weighted by Gasteiger charge is -2.06. The average molecular weight is 320 g/mol. The van der Waals surface area contributed by atoms with Crippen LogP contribution in [0.2, 0.25) is 0 Å². The van der Waals surface area contributed by atoms with Gasteiger partial charge in [0, 0.05) is 6.54 Å². The zero-order valence-corrected chi connectivity index (χ0v) is 12.4. The quantitative estimate of drug-likeness (QED) is 0.749. The van der Waals surface area contributed by atoms with E-state index in [1.165, 1.54) is 13.2 Å². The highest BCUT2D eigenvalue weighted by atomic mass is 16.5. The number of aliphatic carboxylic acids is 1. The third kappa shape index (κ3) is 5.03. The van der Waals surface area contributed by atoms with Crippen molar-refractivity contribution < 1.29 is 28.7 Å². The van der Waals surface area contributed by atoms with Crippen LogP contribution in [-0.2, 0) is 11.2 Å². The lowest BCUT2D eigenvalue weighted by atomic mass is 10.1. The molecule has 0 bridgehead atoms. The van der Waals surface area contributed by atoms with Crippen LogP contribution >= 0.6 is 0 Å². The molecule has 8 heteroatoms. The molecular formula is C15H16N2O6. The fourth-order valence-electron chi connectivity index (χ4n) is 1.77. The lowest BCUT2D eigenvalue weighted by Crippen LogP contribution is -2.25. The largest absolute Gasteiger partial charge is 0.482 e. The molecule has 122 valence electrons. The van der Waals surface area contributed by atoms with E-state index in [2.05, 4.69) is 10.5 Å². The minimum atomic E-state index is -1.03. The lowest BCUT2D eigenvalue weighted by molar-refractivity contribution is -0.139. The van der Waals surface area contributed by atoms with Crippen molar-refractivity contribution in [3.8, 4) is 11.6 Å². The van der Waals surface area contributed by atoms with Gasteiger partial charge >= 0.3 is 5.97 Å². The Morgan fingerprint density at radius 2 is 2.04 bits per heavy atom. The predicted molar refractivity (Wildman–Crippen MR) is 78.7 cm³/mol. The van der Waals surface area contributed by atoms with Crippen LogP contribution in [0.4, 0.5) is 0 Å². The number of carboxylic acid groups (broad SMARTS) is 1. The number of methoxy groups -OCH3 is 1. The van der Waals surface area contributed by atoms with E-state index in [0.29, 0.717) is 18.7 Å². The first kappa shape index (κ1) is 16.3. The summed E-state index contributed by atoms with van der Waals surface area (Å²) in [6.07, 6.45) is 0.607. The van der Waals surface area contributed by atoms with Crippen LogP contribution in [0.5, 0.6) is 11.6 Å². The number of carbonyl (C=O) groups excluding carboxylic acids is 1. The Morgan fingerprint density at radius 1 is 1.30 bits per heavy atom. The van der Waals surface area contributed by atoms with Crippen LogP contribution in [0, 0.1) is 0 Å². The molecule has 1 amide bonds. The molecule has 0 aliphatic rings. The number of amides is 1. The maximum absolute atomic E-state index is 11.8. The number of benzene rings is 1. The highest BCUT2D eigenvalue weighted by molar-refractivity contribution is 5.91. The summed E-state index contributed by atoms with van der Waals surface area (Å²) < 4.78 is 14.7. The van der Waals surface area contributed by atoms with E-state index in [4.69, 9.17) is 19.1 Å². The Kier molecular flexibility index (Phi) is 5.56. The van der Waals surface area contributed by atoms with Gasteiger partial charge in [-0.15, -0.1) is 0 Å². The first-order valence-electron chi connectivity index (χ1n) is 6.81. The van der Waals surface area contributed by atoms with E-state index in [0.717, 1.165) is 5.56 Å². The van der Waals surface area contributed by atoms with Gasteiger partial charge in [-0.25, -0.2) is 4.79 Å². The van der Waals surface area contributed by atoms with Gasteiger partial charge in [-0.05, 0) is 29.3 Å². The molecule has 0 atom stereocenters. The van der Waals surface area contributed by atoms with Crippen molar-refractivity contribution in [1.29, 1.82) is 0 Å². The monoisotopic (exact) mass is 320 g/mol. The van der Waals surface area contributed by atoms with Crippen molar-refractivity contribution in [1.82, 2.24) is 10.5 Å². The number of hydrogen-bond donors (Lipinski definition) is 2. The fourth-order valence-corrected chi connectivity index (χ4v) is 1.77. The van der Waals surface area contributed by atoms with Crippen molar-refractivity contribution in [3.05, 3.63) is 41.7 Å². The number of aromatic nitrogens is 1. The molecule has 2 N–H and O–H groups in total. The number of nitrogens with zero attached hydrogens (tertiary/aromatic N) is 1. The topological polar surface area (TPSA) is 111 Å². The van der Waals surface area contributed by atoms with Crippen LogP contribution in [0.25, 0.3) is 0 Å². The molecule has 0 aliphatic carbocycles. The number of ether oxygens (including phenoxy) is 2. The minimum Gasteiger partial charge on any atom is -0.482 e. The highest BCUT2D eigenvalue weighted by Gasteiger charge is 2.12. The van der Waals surface area contributed by atoms with Crippen LogP contribution in [0.15, 0.2) is 34.9 Å². The number of carboxylic acids is 1. The van der Waals surface area contributed by atoms with Gasteiger partial charge in [0.05, 0.1) is 13.2 Å². The third-order valence-corrected chi connectivity index (χ3v) is 2.91. The van der Waals surface area contributed by atoms with E-state index in [-0.39, 0.29) is 24.2 Å². The second-order valence-electron chi connectivity index (χ2n) is 4.57. The number of carbonyl (C=O) groups is 2. The van der Waals surface area contributed by atoms with Gasteiger partial charge in [-0.3, -0.25) is 4.79 Å². The maximum atomic E-state index is 11.8. The van der Waals surface area contributed by atoms with Crippen molar-refractivity contribution >= 4 is 11.9 Å². The number of hydrogen-bond acceptors (Lipinski definition) is 6. The van der Waals surface area contributed by atoms with Crippen molar-refractivity contribution in [3.63, 3.8) is 0 Å². The predicted octanol–water partition coefficient (Wildman–Crippen LogP) is 1.12. The highest BCUT2D eigenvalue weighted by Crippen LogP contribution is 2.13. The molecule has 1 aromatic heterocycles. The summed E-state index contributed by atoms with van der Waals surface area (Å²) in [6, 6.07) is 8.38. The zero-order chi connectivity index (χ0) is 16.7. The zero-order valence-electron chi connectivity index (χ0n) is 12.4. The normalized spacial score (nSPS) is 10.1. The van der Waals surface area contributed by atoms with Crippen molar-refractivity contribution in [2.24, 2.45) is 0 Å². The first-order valence-corrected chi connectivity index (χ1v) is 6.81. The van der Waals surface area contributed by atoms with Gasteiger partial charge in [0.1, 0.15) is 5.75 Å². The minimum absolute atomic E-state index is 0.0827. The Bertz CT molecular complexity index is 665. The van der Waals surface area contributed by atoms with Gasteiger partial charge in [-0.2, -0.15) is 0 Å². The second kappa shape index (κ2) is 7.83. The number of nitrogens with one attached hydrogen (secondary N) is 1. The van der Waals surface area contributed by atoms with Gasteiger partial charge in [-0.1, -0.05) is 12.1 Å². The molecular weight excluding hydrogens is 304 g/mol. The van der Waals surface area contributed by atoms with Crippen LogP contribution < -0.4 is 14.8 Å². The molecule has 0 saturated heterocycles. The molecule has 0 saturated carbocycles. The standard InChI is InChI=1S/C15H16N2O6/c1-21-13-8-12(23-17-13)15(20)16-7-6-10-2-4-11(5-3-10)22-9-14(18)19/h2-5,8H,6-7,9H2,1H3,(H,16,20)(H,18,19). The van der Waals surface area contributed by atoms with Crippen LogP contribution in [-0.4, -0.2) is 42.4 Å². The van der Waals surface area contributed by atoms with Crippen LogP contribution in [0.3, 0.4) is 0 Å². The molecule has 0 spiro atoms. The summed E-state index contributed by atoms with van der Waals surface area (Å²) in [7, 11) is 1.43. The SMILES string of the molecule is COc1cc(C(=O)NCCc2ccc(OCC(=O)O)cc2)on1. The first-order chi connectivity index (χ1) is 11.1. The Hall–Kier alpha value is -3.03. The molecule has 0 radical (unpaired) electrons. The van der Waals surface area contributed by atoms with Crippen LogP contribution in [0.1, 0.15) is 16.1 Å². The summed E-state index contributed by atoms with van der Waals surface area (Å²) in [6.45, 7) is 0.0349. The summed E-state index contributed by atoms with van der Waals surface area (Å²) in [4.78, 5) is 22.2. The summed E-state index contributed by atoms with van der Waals surface area (Å²) in [5.41, 5.74) is 0.975. The average Bonchev–Trinajstić information content (AvgIpc) is 3.03. The molecule has 0 aliphatic heterocycles. The van der Waals surface area contributed by atoms with Gasteiger partial charge in [0.2, 0.25) is 5.76 Å². The Morgan fingerprint density at radius 3 is 2.65 bits per heavy atom. The van der Waals surface area contributed by atoms with Gasteiger partial charge < -0.3 is 24.4 Å². The summed E-state index contributed by atoms with van der Waals surface area (Å²) in [5, 5.41) is 14.8.